The van der Waals surface area contributed by atoms with Crippen molar-refractivity contribution in [3.8, 4) is 0 Å². The first-order chi connectivity index (χ1) is 9.04. The number of carbonyl (C=O) groups excluding carboxylic acids is 2. The number of esters is 1. The van der Waals surface area contributed by atoms with Gasteiger partial charge in [-0.05, 0) is 25.1 Å². The lowest BCUT2D eigenvalue weighted by Gasteiger charge is -2.34. The van der Waals surface area contributed by atoms with Gasteiger partial charge in [-0.25, -0.2) is 4.79 Å². The predicted molar refractivity (Wildman–Crippen MR) is 72.0 cm³/mol. The van der Waals surface area contributed by atoms with Gasteiger partial charge in [0.15, 0.2) is 0 Å². The SMILES string of the molecule is COC(=O)c1cc(N2CCNC(=O)C2C)ccc1N. The molecule has 1 aliphatic rings. The summed E-state index contributed by atoms with van der Waals surface area (Å²) in [7, 11) is 1.31. The molecule has 6 heteroatoms. The van der Waals surface area contributed by atoms with Crippen LogP contribution in [0.5, 0.6) is 0 Å². The average Bonchev–Trinajstić information content (AvgIpc) is 2.42. The minimum Gasteiger partial charge on any atom is -0.465 e. The average molecular weight is 263 g/mol. The van der Waals surface area contributed by atoms with Crippen LogP contribution in [0.4, 0.5) is 11.4 Å². The molecule has 3 N–H and O–H groups in total. The van der Waals surface area contributed by atoms with Gasteiger partial charge in [-0.2, -0.15) is 0 Å². The number of carbonyl (C=O) groups is 2. The summed E-state index contributed by atoms with van der Waals surface area (Å²) in [5.74, 6) is -0.504. The molecule has 1 unspecified atom stereocenters. The molecule has 1 amide bonds. The standard InChI is InChI=1S/C13H17N3O3/c1-8-12(17)15-5-6-16(8)9-3-4-11(14)10(7-9)13(18)19-2/h3-4,7-8H,5-6,14H2,1-2H3,(H,15,17). The van der Waals surface area contributed by atoms with Gasteiger partial charge in [0.05, 0.1) is 12.7 Å². The van der Waals surface area contributed by atoms with Crippen molar-refractivity contribution in [3.63, 3.8) is 0 Å². The highest BCUT2D eigenvalue weighted by Crippen LogP contribution is 2.24. The van der Waals surface area contributed by atoms with E-state index in [-0.39, 0.29) is 11.9 Å². The molecule has 0 aliphatic carbocycles. The van der Waals surface area contributed by atoms with E-state index in [1.807, 2.05) is 11.8 Å². The van der Waals surface area contributed by atoms with Gasteiger partial charge in [0.2, 0.25) is 5.91 Å². The molecule has 0 radical (unpaired) electrons. The molecular weight excluding hydrogens is 246 g/mol. The lowest BCUT2D eigenvalue weighted by molar-refractivity contribution is -0.122. The molecule has 2 rings (SSSR count). The van der Waals surface area contributed by atoms with Crippen LogP contribution in [0, 0.1) is 0 Å². The third-order valence-electron chi connectivity index (χ3n) is 3.27. The summed E-state index contributed by atoms with van der Waals surface area (Å²) in [6.07, 6.45) is 0. The molecule has 0 spiro atoms. The van der Waals surface area contributed by atoms with E-state index in [0.717, 1.165) is 5.69 Å². The van der Waals surface area contributed by atoms with Crippen molar-refractivity contribution in [2.24, 2.45) is 0 Å². The van der Waals surface area contributed by atoms with Crippen LogP contribution in [0.3, 0.4) is 0 Å². The Morgan fingerprint density at radius 1 is 1.53 bits per heavy atom. The number of nitrogens with one attached hydrogen (secondary N) is 1. The molecule has 102 valence electrons. The molecule has 1 aromatic carbocycles. The Morgan fingerprint density at radius 3 is 2.95 bits per heavy atom. The zero-order valence-corrected chi connectivity index (χ0v) is 11.0. The van der Waals surface area contributed by atoms with E-state index in [0.29, 0.717) is 24.3 Å². The number of ether oxygens (including phenoxy) is 1. The lowest BCUT2D eigenvalue weighted by atomic mass is 10.1. The molecule has 1 saturated heterocycles. The van der Waals surface area contributed by atoms with Crippen molar-refractivity contribution < 1.29 is 14.3 Å². The third kappa shape index (κ3) is 2.47. The number of piperazine rings is 1. The van der Waals surface area contributed by atoms with Gasteiger partial charge in [-0.1, -0.05) is 0 Å². The maximum Gasteiger partial charge on any atom is 0.340 e. The minimum absolute atomic E-state index is 0.0253. The Kier molecular flexibility index (Phi) is 3.59. The topological polar surface area (TPSA) is 84.7 Å². The van der Waals surface area contributed by atoms with Crippen LogP contribution in [0.1, 0.15) is 17.3 Å². The number of nitrogens with two attached hydrogens (primary N) is 1. The number of benzene rings is 1. The van der Waals surface area contributed by atoms with Gasteiger partial charge in [-0.3, -0.25) is 4.79 Å². The van der Waals surface area contributed by atoms with E-state index in [4.69, 9.17) is 10.5 Å². The molecule has 19 heavy (non-hydrogen) atoms. The fourth-order valence-electron chi connectivity index (χ4n) is 2.14. The molecule has 6 nitrogen and oxygen atoms in total. The second-order valence-electron chi connectivity index (χ2n) is 4.42. The van der Waals surface area contributed by atoms with Gasteiger partial charge in [0.1, 0.15) is 6.04 Å². The molecule has 1 aromatic rings. The maximum absolute atomic E-state index is 11.7. The Balaban J connectivity index is 2.35. The van der Waals surface area contributed by atoms with Crippen molar-refractivity contribution in [1.29, 1.82) is 0 Å². The number of amides is 1. The Bertz CT molecular complexity index is 516. The molecule has 1 fully saturated rings. The number of rotatable bonds is 2. The van der Waals surface area contributed by atoms with Gasteiger partial charge in [-0.15, -0.1) is 0 Å². The Hall–Kier alpha value is -2.24. The Labute approximate surface area is 111 Å². The number of anilines is 2. The van der Waals surface area contributed by atoms with Crippen molar-refractivity contribution in [1.82, 2.24) is 5.32 Å². The number of hydrogen-bond acceptors (Lipinski definition) is 5. The number of nitrogens with zero attached hydrogens (tertiary/aromatic N) is 1. The second-order valence-corrected chi connectivity index (χ2v) is 4.42. The van der Waals surface area contributed by atoms with Crippen LogP contribution < -0.4 is 16.0 Å². The van der Waals surface area contributed by atoms with Crippen LogP contribution in [-0.2, 0) is 9.53 Å². The van der Waals surface area contributed by atoms with Crippen LogP contribution in [0.25, 0.3) is 0 Å². The summed E-state index contributed by atoms with van der Waals surface area (Å²) < 4.78 is 4.69. The first-order valence-electron chi connectivity index (χ1n) is 6.06. The maximum atomic E-state index is 11.7. The largest absolute Gasteiger partial charge is 0.465 e. The second kappa shape index (κ2) is 5.17. The van der Waals surface area contributed by atoms with E-state index in [2.05, 4.69) is 5.32 Å². The van der Waals surface area contributed by atoms with E-state index in [1.54, 1.807) is 18.2 Å². The molecule has 0 bridgehead atoms. The highest BCUT2D eigenvalue weighted by molar-refractivity contribution is 5.96. The monoisotopic (exact) mass is 263 g/mol. The summed E-state index contributed by atoms with van der Waals surface area (Å²) in [6, 6.07) is 4.84. The summed E-state index contributed by atoms with van der Waals surface area (Å²) in [5.41, 5.74) is 7.23. The van der Waals surface area contributed by atoms with Gasteiger partial charge < -0.3 is 20.7 Å². The number of methoxy groups -OCH3 is 1. The minimum atomic E-state index is -0.478. The highest BCUT2D eigenvalue weighted by atomic mass is 16.5. The van der Waals surface area contributed by atoms with Crippen molar-refractivity contribution in [2.45, 2.75) is 13.0 Å². The van der Waals surface area contributed by atoms with E-state index >= 15 is 0 Å². The predicted octanol–water partition coefficient (Wildman–Crippen LogP) is 0.380. The summed E-state index contributed by atoms with van der Waals surface area (Å²) >= 11 is 0. The number of nitrogen functional groups attached to an aromatic ring is 1. The summed E-state index contributed by atoms with van der Waals surface area (Å²) in [5, 5.41) is 2.79. The normalized spacial score (nSPS) is 18.9. The fraction of sp³-hybridized carbons (Fsp3) is 0.385. The van der Waals surface area contributed by atoms with Crippen LogP contribution >= 0.6 is 0 Å². The molecule has 0 saturated carbocycles. The fourth-order valence-corrected chi connectivity index (χ4v) is 2.14. The van der Waals surface area contributed by atoms with Crippen molar-refractivity contribution >= 4 is 23.3 Å². The lowest BCUT2D eigenvalue weighted by Crippen LogP contribution is -2.54. The first kappa shape index (κ1) is 13.2. The van der Waals surface area contributed by atoms with Crippen molar-refractivity contribution in [2.75, 3.05) is 30.8 Å². The third-order valence-corrected chi connectivity index (χ3v) is 3.27. The van der Waals surface area contributed by atoms with Gasteiger partial charge >= 0.3 is 5.97 Å². The quantitative estimate of drug-likeness (QED) is 0.595. The molecule has 1 atom stereocenters. The van der Waals surface area contributed by atoms with E-state index < -0.39 is 5.97 Å². The van der Waals surface area contributed by atoms with E-state index in [1.165, 1.54) is 7.11 Å². The first-order valence-corrected chi connectivity index (χ1v) is 6.06. The zero-order chi connectivity index (χ0) is 14.0. The summed E-state index contributed by atoms with van der Waals surface area (Å²) in [6.45, 7) is 3.10. The van der Waals surface area contributed by atoms with Gasteiger partial charge in [0.25, 0.3) is 0 Å². The molecular formula is C13H17N3O3. The van der Waals surface area contributed by atoms with Crippen LogP contribution in [-0.4, -0.2) is 38.1 Å². The van der Waals surface area contributed by atoms with Crippen molar-refractivity contribution in [3.05, 3.63) is 23.8 Å². The molecule has 1 heterocycles. The van der Waals surface area contributed by atoms with Crippen LogP contribution in [0.15, 0.2) is 18.2 Å². The summed E-state index contributed by atoms with van der Waals surface area (Å²) in [4.78, 5) is 25.2. The molecule has 0 aromatic heterocycles. The van der Waals surface area contributed by atoms with Gasteiger partial charge in [0, 0.05) is 24.5 Å². The zero-order valence-electron chi connectivity index (χ0n) is 11.0. The van der Waals surface area contributed by atoms with E-state index in [9.17, 15) is 9.59 Å². The highest BCUT2D eigenvalue weighted by Gasteiger charge is 2.26. The number of hydrogen-bond donors (Lipinski definition) is 2. The molecule has 1 aliphatic heterocycles. The van der Waals surface area contributed by atoms with Crippen LogP contribution in [0.2, 0.25) is 0 Å². The smallest absolute Gasteiger partial charge is 0.340 e. The Morgan fingerprint density at radius 2 is 2.26 bits per heavy atom.